The van der Waals surface area contributed by atoms with Gasteiger partial charge < -0.3 is 4.74 Å². The molecule has 3 rings (SSSR count). The minimum Gasteiger partial charge on any atom is -0.459 e. The Morgan fingerprint density at radius 3 is 2.55 bits per heavy atom. The number of carbonyl (C=O) groups is 1. The van der Waals surface area contributed by atoms with E-state index in [1.54, 1.807) is 12.1 Å². The van der Waals surface area contributed by atoms with Gasteiger partial charge in [0.1, 0.15) is 12.3 Å². The number of benzene rings is 1. The van der Waals surface area contributed by atoms with Gasteiger partial charge in [-0.25, -0.2) is 9.18 Å². The highest BCUT2D eigenvalue weighted by atomic mass is 19.1. The van der Waals surface area contributed by atoms with E-state index in [2.05, 4.69) is 4.90 Å². The predicted molar refractivity (Wildman–Crippen MR) is 83.6 cm³/mol. The minimum atomic E-state index is -0.787. The van der Waals surface area contributed by atoms with Crippen molar-refractivity contribution in [3.05, 3.63) is 35.9 Å². The normalized spacial score (nSPS) is 30.0. The molecule has 0 aromatic heterocycles. The summed E-state index contributed by atoms with van der Waals surface area (Å²) >= 11 is 0. The van der Waals surface area contributed by atoms with Crippen molar-refractivity contribution in [3.8, 4) is 0 Å². The molecular weight excluding hydrogens is 281 g/mol. The summed E-state index contributed by atoms with van der Waals surface area (Å²) in [5, 5.41) is 0. The van der Waals surface area contributed by atoms with Gasteiger partial charge in [-0.3, -0.25) is 4.90 Å². The van der Waals surface area contributed by atoms with Crippen molar-refractivity contribution in [1.29, 1.82) is 0 Å². The fourth-order valence-electron chi connectivity index (χ4n) is 3.60. The molecule has 0 radical (unpaired) electrons. The van der Waals surface area contributed by atoms with Crippen LogP contribution in [0.4, 0.5) is 4.39 Å². The number of piperidine rings is 1. The third-order valence-electron chi connectivity index (χ3n) is 4.83. The van der Waals surface area contributed by atoms with E-state index < -0.39 is 6.17 Å². The molecule has 1 aliphatic carbocycles. The van der Waals surface area contributed by atoms with Crippen LogP contribution < -0.4 is 0 Å². The summed E-state index contributed by atoms with van der Waals surface area (Å²) in [4.78, 5) is 14.4. The van der Waals surface area contributed by atoms with Gasteiger partial charge in [0.25, 0.3) is 0 Å². The second kappa shape index (κ2) is 7.23. The van der Waals surface area contributed by atoms with Crippen molar-refractivity contribution < 1.29 is 13.9 Å². The number of ether oxygens (including phenoxy) is 1. The van der Waals surface area contributed by atoms with Gasteiger partial charge in [-0.15, -0.1) is 0 Å². The van der Waals surface area contributed by atoms with E-state index in [0.29, 0.717) is 24.8 Å². The molecule has 3 unspecified atom stereocenters. The Hall–Kier alpha value is -1.42. The molecule has 1 heterocycles. The van der Waals surface area contributed by atoms with Crippen molar-refractivity contribution in [2.75, 3.05) is 13.1 Å². The van der Waals surface area contributed by atoms with Gasteiger partial charge in [0, 0.05) is 12.5 Å². The smallest absolute Gasteiger partial charge is 0.338 e. The van der Waals surface area contributed by atoms with Crippen LogP contribution in [0.2, 0.25) is 0 Å². The van der Waals surface area contributed by atoms with Gasteiger partial charge in [-0.1, -0.05) is 24.6 Å². The summed E-state index contributed by atoms with van der Waals surface area (Å²) < 4.78 is 19.9. The number of nitrogens with zero attached hydrogens (tertiary/aromatic N) is 1. The maximum atomic E-state index is 14.3. The molecule has 0 amide bonds. The first-order chi connectivity index (χ1) is 10.7. The zero-order chi connectivity index (χ0) is 15.4. The average Bonchev–Trinajstić information content (AvgIpc) is 2.58. The zero-order valence-corrected chi connectivity index (χ0v) is 12.9. The van der Waals surface area contributed by atoms with Crippen LogP contribution in [0, 0.1) is 0 Å². The highest BCUT2D eigenvalue weighted by Crippen LogP contribution is 2.30. The number of esters is 1. The fourth-order valence-corrected chi connectivity index (χ4v) is 3.60. The van der Waals surface area contributed by atoms with E-state index in [9.17, 15) is 9.18 Å². The molecule has 1 saturated carbocycles. The van der Waals surface area contributed by atoms with Gasteiger partial charge in [0.05, 0.1) is 5.56 Å². The maximum absolute atomic E-state index is 14.3. The third-order valence-corrected chi connectivity index (χ3v) is 4.83. The largest absolute Gasteiger partial charge is 0.459 e. The lowest BCUT2D eigenvalue weighted by Crippen LogP contribution is -2.49. The van der Waals surface area contributed by atoms with Gasteiger partial charge in [0.2, 0.25) is 0 Å². The van der Waals surface area contributed by atoms with Crippen molar-refractivity contribution >= 4 is 5.97 Å². The van der Waals surface area contributed by atoms with E-state index in [0.717, 1.165) is 25.9 Å². The number of hydrogen-bond donors (Lipinski definition) is 0. The first-order valence-corrected chi connectivity index (χ1v) is 8.38. The Kier molecular flexibility index (Phi) is 5.08. The maximum Gasteiger partial charge on any atom is 0.338 e. The van der Waals surface area contributed by atoms with Crippen molar-refractivity contribution in [2.24, 2.45) is 0 Å². The molecule has 0 N–H and O–H groups in total. The molecule has 2 aliphatic rings. The minimum absolute atomic E-state index is 0.0809. The molecule has 0 bridgehead atoms. The molecule has 22 heavy (non-hydrogen) atoms. The summed E-state index contributed by atoms with van der Waals surface area (Å²) in [6.45, 7) is 1.95. The summed E-state index contributed by atoms with van der Waals surface area (Å²) in [5.41, 5.74) is 0.569. The first kappa shape index (κ1) is 15.5. The topological polar surface area (TPSA) is 29.5 Å². The summed E-state index contributed by atoms with van der Waals surface area (Å²) in [7, 11) is 0. The lowest BCUT2D eigenvalue weighted by Gasteiger charge is -2.40. The SMILES string of the molecule is O=C(OC1CCC(F)C(N2CCCCC2)C1)c1ccccc1. The summed E-state index contributed by atoms with van der Waals surface area (Å²) in [6, 6.07) is 8.95. The van der Waals surface area contributed by atoms with E-state index in [1.807, 2.05) is 18.2 Å². The Morgan fingerprint density at radius 2 is 1.82 bits per heavy atom. The molecule has 1 aromatic carbocycles. The Bertz CT molecular complexity index is 487. The number of halogens is 1. The number of alkyl halides is 1. The summed E-state index contributed by atoms with van der Waals surface area (Å²) in [6.07, 6.45) is 4.34. The Balaban J connectivity index is 1.59. The lowest BCUT2D eigenvalue weighted by molar-refractivity contribution is -0.0190. The van der Waals surface area contributed by atoms with E-state index in [4.69, 9.17) is 4.74 Å². The Morgan fingerprint density at radius 1 is 1.09 bits per heavy atom. The molecule has 1 aliphatic heterocycles. The monoisotopic (exact) mass is 305 g/mol. The van der Waals surface area contributed by atoms with Gasteiger partial charge in [-0.05, 0) is 50.9 Å². The van der Waals surface area contributed by atoms with Crippen molar-refractivity contribution in [2.45, 2.75) is 56.8 Å². The molecule has 0 spiro atoms. The second-order valence-electron chi connectivity index (χ2n) is 6.39. The van der Waals surface area contributed by atoms with Gasteiger partial charge >= 0.3 is 5.97 Å². The van der Waals surface area contributed by atoms with E-state index in [-0.39, 0.29) is 18.1 Å². The van der Waals surface area contributed by atoms with Crippen LogP contribution in [0.5, 0.6) is 0 Å². The molecule has 3 atom stereocenters. The van der Waals surface area contributed by atoms with Crippen molar-refractivity contribution in [1.82, 2.24) is 4.90 Å². The number of carbonyl (C=O) groups excluding carboxylic acids is 1. The standard InChI is InChI=1S/C18H24FNO2/c19-16-10-9-15(13-17(16)20-11-5-2-6-12-20)22-18(21)14-7-3-1-4-8-14/h1,3-4,7-8,15-17H,2,5-6,9-13H2. The quantitative estimate of drug-likeness (QED) is 0.799. The Labute approximate surface area is 131 Å². The molecule has 1 aromatic rings. The van der Waals surface area contributed by atoms with Crippen LogP contribution in [0.15, 0.2) is 30.3 Å². The molecular formula is C18H24FNO2. The molecule has 2 fully saturated rings. The first-order valence-electron chi connectivity index (χ1n) is 8.38. The van der Waals surface area contributed by atoms with Crippen LogP contribution in [-0.4, -0.2) is 42.3 Å². The van der Waals surface area contributed by atoms with Crippen LogP contribution in [0.3, 0.4) is 0 Å². The highest BCUT2D eigenvalue weighted by Gasteiger charge is 2.36. The fraction of sp³-hybridized carbons (Fsp3) is 0.611. The summed E-state index contributed by atoms with van der Waals surface area (Å²) in [5.74, 6) is -0.291. The average molecular weight is 305 g/mol. The van der Waals surface area contributed by atoms with Gasteiger partial charge in [-0.2, -0.15) is 0 Å². The van der Waals surface area contributed by atoms with Crippen LogP contribution in [0.1, 0.15) is 48.9 Å². The van der Waals surface area contributed by atoms with Crippen LogP contribution in [0.25, 0.3) is 0 Å². The lowest BCUT2D eigenvalue weighted by atomic mass is 9.89. The molecule has 120 valence electrons. The third kappa shape index (κ3) is 3.67. The highest BCUT2D eigenvalue weighted by molar-refractivity contribution is 5.89. The molecule has 4 heteroatoms. The predicted octanol–water partition coefficient (Wildman–Crippen LogP) is 3.59. The van der Waals surface area contributed by atoms with Crippen LogP contribution >= 0.6 is 0 Å². The van der Waals surface area contributed by atoms with Crippen LogP contribution in [-0.2, 0) is 4.74 Å². The molecule has 1 saturated heterocycles. The zero-order valence-electron chi connectivity index (χ0n) is 12.9. The second-order valence-corrected chi connectivity index (χ2v) is 6.39. The molecule has 3 nitrogen and oxygen atoms in total. The van der Waals surface area contributed by atoms with E-state index in [1.165, 1.54) is 6.42 Å². The van der Waals surface area contributed by atoms with Gasteiger partial charge in [0.15, 0.2) is 0 Å². The van der Waals surface area contributed by atoms with E-state index >= 15 is 0 Å². The van der Waals surface area contributed by atoms with Crippen molar-refractivity contribution in [3.63, 3.8) is 0 Å². The number of hydrogen-bond acceptors (Lipinski definition) is 3. The number of rotatable bonds is 3. The number of likely N-dealkylation sites (tertiary alicyclic amines) is 1.